The van der Waals surface area contributed by atoms with E-state index in [1.165, 1.54) is 31.1 Å². The Morgan fingerprint density at radius 1 is 1.15 bits per heavy atom. The highest BCUT2D eigenvalue weighted by Gasteiger charge is 2.22. The molecule has 102 valence electrons. The summed E-state index contributed by atoms with van der Waals surface area (Å²) < 4.78 is 0. The zero-order chi connectivity index (χ0) is 13.8. The van der Waals surface area contributed by atoms with Crippen LogP contribution in [0.3, 0.4) is 0 Å². The highest BCUT2D eigenvalue weighted by Crippen LogP contribution is 2.24. The van der Waals surface area contributed by atoms with Gasteiger partial charge in [0.1, 0.15) is 0 Å². The number of para-hydroxylation sites is 1. The van der Waals surface area contributed by atoms with E-state index in [0.717, 1.165) is 17.8 Å². The van der Waals surface area contributed by atoms with Crippen LogP contribution in [0.25, 0.3) is 10.9 Å². The van der Waals surface area contributed by atoms with Crippen molar-refractivity contribution >= 4 is 10.9 Å². The molecule has 0 amide bonds. The van der Waals surface area contributed by atoms with E-state index in [4.69, 9.17) is 10.2 Å². The van der Waals surface area contributed by atoms with Gasteiger partial charge in [0.25, 0.3) is 0 Å². The number of rotatable bonds is 4. The van der Waals surface area contributed by atoms with Gasteiger partial charge >= 0.3 is 0 Å². The van der Waals surface area contributed by atoms with Crippen molar-refractivity contribution < 1.29 is 0 Å². The van der Waals surface area contributed by atoms with E-state index < -0.39 is 0 Å². The Morgan fingerprint density at radius 2 is 1.95 bits per heavy atom. The topological polar surface area (TPSA) is 39.9 Å². The molecular formula is C17H19N3. The molecule has 1 aliphatic carbocycles. The zero-order valence-electron chi connectivity index (χ0n) is 11.6. The first-order valence-corrected chi connectivity index (χ1v) is 7.32. The van der Waals surface area contributed by atoms with Gasteiger partial charge < -0.3 is 0 Å². The van der Waals surface area contributed by atoms with Crippen LogP contribution < -0.4 is 0 Å². The van der Waals surface area contributed by atoms with Crippen LogP contribution in [-0.2, 0) is 6.54 Å². The van der Waals surface area contributed by atoms with Crippen LogP contribution in [0.4, 0.5) is 0 Å². The van der Waals surface area contributed by atoms with Gasteiger partial charge in [-0.05, 0) is 25.0 Å². The van der Waals surface area contributed by atoms with E-state index >= 15 is 0 Å². The number of nitriles is 1. The maximum absolute atomic E-state index is 9.03. The number of benzene rings is 1. The van der Waals surface area contributed by atoms with E-state index in [1.54, 1.807) is 0 Å². The summed E-state index contributed by atoms with van der Waals surface area (Å²) >= 11 is 0. The highest BCUT2D eigenvalue weighted by atomic mass is 15.2. The molecule has 3 rings (SSSR count). The van der Waals surface area contributed by atoms with Gasteiger partial charge in [-0.3, -0.25) is 9.88 Å². The molecule has 0 N–H and O–H groups in total. The van der Waals surface area contributed by atoms with Crippen molar-refractivity contribution in [1.29, 1.82) is 5.26 Å². The van der Waals surface area contributed by atoms with Crippen molar-refractivity contribution in [2.45, 2.75) is 38.3 Å². The van der Waals surface area contributed by atoms with Crippen molar-refractivity contribution in [3.8, 4) is 6.07 Å². The monoisotopic (exact) mass is 265 g/mol. The minimum atomic E-state index is 0.499. The molecule has 2 aromatic rings. The van der Waals surface area contributed by atoms with Gasteiger partial charge in [0.05, 0.1) is 23.8 Å². The third-order valence-corrected chi connectivity index (χ3v) is 4.14. The fourth-order valence-electron chi connectivity index (χ4n) is 3.08. The second-order valence-electron chi connectivity index (χ2n) is 5.50. The zero-order valence-corrected chi connectivity index (χ0v) is 11.6. The molecule has 1 aromatic carbocycles. The summed E-state index contributed by atoms with van der Waals surface area (Å²) in [7, 11) is 0. The lowest BCUT2D eigenvalue weighted by Gasteiger charge is -2.25. The molecule has 3 nitrogen and oxygen atoms in total. The third-order valence-electron chi connectivity index (χ3n) is 4.14. The van der Waals surface area contributed by atoms with E-state index in [0.29, 0.717) is 12.6 Å². The average Bonchev–Trinajstić information content (AvgIpc) is 3.01. The quantitative estimate of drug-likeness (QED) is 0.794. The van der Waals surface area contributed by atoms with Crippen molar-refractivity contribution in [2.75, 3.05) is 6.54 Å². The van der Waals surface area contributed by atoms with Crippen LogP contribution in [0.2, 0.25) is 0 Å². The smallest absolute Gasteiger partial charge is 0.0871 e. The van der Waals surface area contributed by atoms with Crippen molar-refractivity contribution in [3.63, 3.8) is 0 Å². The highest BCUT2D eigenvalue weighted by molar-refractivity contribution is 5.78. The van der Waals surface area contributed by atoms with Crippen molar-refractivity contribution in [2.24, 2.45) is 0 Å². The first-order chi connectivity index (χ1) is 9.86. The normalized spacial score (nSPS) is 15.8. The number of nitrogens with zero attached hydrogens (tertiary/aromatic N) is 3. The average molecular weight is 265 g/mol. The van der Waals surface area contributed by atoms with Crippen LogP contribution in [0.5, 0.6) is 0 Å². The van der Waals surface area contributed by atoms with E-state index in [2.05, 4.69) is 29.2 Å². The molecule has 0 bridgehead atoms. The first-order valence-electron chi connectivity index (χ1n) is 7.32. The lowest BCUT2D eigenvalue weighted by molar-refractivity contribution is 0.212. The van der Waals surface area contributed by atoms with Crippen LogP contribution in [0.1, 0.15) is 31.4 Å². The van der Waals surface area contributed by atoms with E-state index in [9.17, 15) is 0 Å². The molecule has 0 spiro atoms. The Kier molecular flexibility index (Phi) is 3.94. The lowest BCUT2D eigenvalue weighted by Crippen LogP contribution is -2.33. The van der Waals surface area contributed by atoms with Gasteiger partial charge in [-0.15, -0.1) is 0 Å². The summed E-state index contributed by atoms with van der Waals surface area (Å²) in [5.41, 5.74) is 2.10. The van der Waals surface area contributed by atoms with Crippen molar-refractivity contribution in [3.05, 3.63) is 42.1 Å². The molecule has 0 aliphatic heterocycles. The Labute approximate surface area is 119 Å². The predicted octanol–water partition coefficient (Wildman–Crippen LogP) is 3.50. The standard InChI is InChI=1S/C17H19N3/c18-11-12-20(16-6-2-3-7-16)13-15-10-9-14-5-1-4-8-17(14)19-15/h1,4-5,8-10,16H,2-3,6-7,12-13H2. The van der Waals surface area contributed by atoms with Gasteiger partial charge in [0.2, 0.25) is 0 Å². The van der Waals surface area contributed by atoms with Crippen LogP contribution >= 0.6 is 0 Å². The number of hydrogen-bond acceptors (Lipinski definition) is 3. The largest absolute Gasteiger partial charge is 0.282 e. The first kappa shape index (κ1) is 13.1. The molecule has 20 heavy (non-hydrogen) atoms. The molecule has 3 heteroatoms. The molecule has 1 heterocycles. The minimum Gasteiger partial charge on any atom is -0.282 e. The van der Waals surface area contributed by atoms with Gasteiger partial charge in [0.15, 0.2) is 0 Å². The van der Waals surface area contributed by atoms with Gasteiger partial charge in [-0.2, -0.15) is 5.26 Å². The minimum absolute atomic E-state index is 0.499. The summed E-state index contributed by atoms with van der Waals surface area (Å²) in [6, 6.07) is 15.2. The molecule has 0 unspecified atom stereocenters. The summed E-state index contributed by atoms with van der Waals surface area (Å²) in [5.74, 6) is 0. The number of hydrogen-bond donors (Lipinski definition) is 0. The van der Waals surface area contributed by atoms with E-state index in [-0.39, 0.29) is 0 Å². The Bertz CT molecular complexity index is 623. The molecule has 1 saturated carbocycles. The maximum atomic E-state index is 9.03. The molecule has 0 radical (unpaired) electrons. The summed E-state index contributed by atoms with van der Waals surface area (Å²) in [6.45, 7) is 1.28. The molecule has 0 atom stereocenters. The number of fused-ring (bicyclic) bond motifs is 1. The molecule has 0 saturated heterocycles. The molecule has 1 aliphatic rings. The molecule has 1 fully saturated rings. The fourth-order valence-corrected chi connectivity index (χ4v) is 3.08. The number of aromatic nitrogens is 1. The summed E-state index contributed by atoms with van der Waals surface area (Å²) in [6.07, 6.45) is 5.01. The summed E-state index contributed by atoms with van der Waals surface area (Å²) in [5, 5.41) is 10.2. The van der Waals surface area contributed by atoms with Gasteiger partial charge in [-0.25, -0.2) is 0 Å². The Morgan fingerprint density at radius 3 is 2.75 bits per heavy atom. The van der Waals surface area contributed by atoms with Gasteiger partial charge in [-0.1, -0.05) is 37.1 Å². The Hall–Kier alpha value is -1.92. The second kappa shape index (κ2) is 6.02. The van der Waals surface area contributed by atoms with Crippen LogP contribution in [0, 0.1) is 11.3 Å². The molecule has 1 aromatic heterocycles. The van der Waals surface area contributed by atoms with Crippen molar-refractivity contribution in [1.82, 2.24) is 9.88 Å². The SMILES string of the molecule is N#CCN(Cc1ccc2ccccc2n1)C1CCCC1. The second-order valence-corrected chi connectivity index (χ2v) is 5.50. The third kappa shape index (κ3) is 2.81. The lowest BCUT2D eigenvalue weighted by atomic mass is 10.1. The van der Waals surface area contributed by atoms with Crippen LogP contribution in [-0.4, -0.2) is 22.5 Å². The van der Waals surface area contributed by atoms with E-state index in [1.807, 2.05) is 18.2 Å². The maximum Gasteiger partial charge on any atom is 0.0871 e. The van der Waals surface area contributed by atoms with Crippen LogP contribution in [0.15, 0.2) is 36.4 Å². The fraction of sp³-hybridized carbons (Fsp3) is 0.412. The van der Waals surface area contributed by atoms with Gasteiger partial charge in [0, 0.05) is 18.0 Å². The Balaban J connectivity index is 1.80. The number of pyridine rings is 1. The summed E-state index contributed by atoms with van der Waals surface area (Å²) in [4.78, 5) is 7.00. The predicted molar refractivity (Wildman–Crippen MR) is 80.0 cm³/mol. The molecular weight excluding hydrogens is 246 g/mol.